The van der Waals surface area contributed by atoms with E-state index >= 15 is 0 Å². The van der Waals surface area contributed by atoms with E-state index in [1.807, 2.05) is 11.4 Å². The Balaban J connectivity index is 2.43. The van der Waals surface area contributed by atoms with Gasteiger partial charge in [-0.3, -0.25) is 4.79 Å². The van der Waals surface area contributed by atoms with Crippen molar-refractivity contribution in [3.63, 3.8) is 0 Å². The van der Waals surface area contributed by atoms with Gasteiger partial charge in [0.2, 0.25) is 0 Å². The first kappa shape index (κ1) is 8.17. The van der Waals surface area contributed by atoms with Crippen LogP contribution in [0, 0.1) is 0 Å². The van der Waals surface area contributed by atoms with Crippen LogP contribution in [-0.4, -0.2) is 9.78 Å². The van der Waals surface area contributed by atoms with Crippen molar-refractivity contribution in [3.05, 3.63) is 27.5 Å². The molecule has 3 rings (SSSR count). The third kappa shape index (κ3) is 1.04. The molecule has 0 aromatic carbocycles. The van der Waals surface area contributed by atoms with Crippen LogP contribution in [0.4, 0.5) is 0 Å². The van der Waals surface area contributed by atoms with Gasteiger partial charge >= 0.3 is 0 Å². The van der Waals surface area contributed by atoms with Crippen molar-refractivity contribution in [2.45, 2.75) is 18.8 Å². The second-order valence-corrected chi connectivity index (χ2v) is 4.67. The van der Waals surface area contributed by atoms with Crippen molar-refractivity contribution in [2.75, 3.05) is 0 Å². The van der Waals surface area contributed by atoms with Gasteiger partial charge in [-0.25, -0.2) is 4.68 Å². The molecule has 0 atom stereocenters. The van der Waals surface area contributed by atoms with E-state index in [0.29, 0.717) is 5.92 Å². The predicted octanol–water partition coefficient (Wildman–Crippen LogP) is 1.87. The molecule has 72 valence electrons. The molecule has 3 nitrogen and oxygen atoms in total. The average Bonchev–Trinajstić information content (AvgIpc) is 2.89. The Labute approximate surface area is 85.0 Å². The first-order chi connectivity index (χ1) is 6.77. The van der Waals surface area contributed by atoms with Crippen molar-refractivity contribution >= 4 is 21.4 Å². The van der Waals surface area contributed by atoms with E-state index < -0.39 is 0 Å². The summed E-state index contributed by atoms with van der Waals surface area (Å²) in [6, 6.07) is 1.90. The number of nitrogens with zero attached hydrogens (tertiary/aromatic N) is 2. The monoisotopic (exact) mass is 206 g/mol. The van der Waals surface area contributed by atoms with Gasteiger partial charge in [0.15, 0.2) is 0 Å². The molecule has 0 radical (unpaired) electrons. The van der Waals surface area contributed by atoms with Gasteiger partial charge in [0.25, 0.3) is 5.56 Å². The van der Waals surface area contributed by atoms with Crippen LogP contribution in [0.3, 0.4) is 0 Å². The fourth-order valence-electron chi connectivity index (χ4n) is 1.73. The molecule has 2 heterocycles. The van der Waals surface area contributed by atoms with Gasteiger partial charge in [0, 0.05) is 13.0 Å². The zero-order chi connectivity index (χ0) is 9.71. The second kappa shape index (κ2) is 2.67. The highest BCUT2D eigenvalue weighted by Crippen LogP contribution is 2.42. The van der Waals surface area contributed by atoms with Crippen LogP contribution in [0.1, 0.15) is 24.5 Å². The number of fused-ring (bicyclic) bond motifs is 1. The third-order valence-electron chi connectivity index (χ3n) is 2.64. The Morgan fingerprint density at radius 1 is 1.57 bits per heavy atom. The molecule has 0 saturated heterocycles. The molecule has 0 unspecified atom stereocenters. The highest BCUT2D eigenvalue weighted by atomic mass is 32.1. The highest BCUT2D eigenvalue weighted by Gasteiger charge is 2.28. The summed E-state index contributed by atoms with van der Waals surface area (Å²) in [7, 11) is 1.73. The van der Waals surface area contributed by atoms with Crippen molar-refractivity contribution in [2.24, 2.45) is 7.05 Å². The SMILES string of the molecule is Cn1nc(C2CC2)c2sccc2c1=O. The molecule has 0 amide bonds. The van der Waals surface area contributed by atoms with Gasteiger partial charge in [0.1, 0.15) is 0 Å². The number of hydrogen-bond acceptors (Lipinski definition) is 3. The molecule has 0 spiro atoms. The van der Waals surface area contributed by atoms with Crippen LogP contribution in [0.2, 0.25) is 0 Å². The lowest BCUT2D eigenvalue weighted by molar-refractivity contribution is 0.692. The van der Waals surface area contributed by atoms with Crippen molar-refractivity contribution in [1.29, 1.82) is 0 Å². The molecule has 0 aliphatic heterocycles. The van der Waals surface area contributed by atoms with Gasteiger partial charge in [-0.1, -0.05) is 0 Å². The molecule has 1 aliphatic carbocycles. The molecule has 14 heavy (non-hydrogen) atoms. The summed E-state index contributed by atoms with van der Waals surface area (Å²) < 4.78 is 2.55. The Morgan fingerprint density at radius 2 is 2.36 bits per heavy atom. The zero-order valence-electron chi connectivity index (χ0n) is 7.86. The smallest absolute Gasteiger partial charge is 0.267 e. The van der Waals surface area contributed by atoms with Gasteiger partial charge < -0.3 is 0 Å². The normalized spacial score (nSPS) is 16.4. The molecular weight excluding hydrogens is 196 g/mol. The van der Waals surface area contributed by atoms with Crippen molar-refractivity contribution in [1.82, 2.24) is 9.78 Å². The summed E-state index contributed by atoms with van der Waals surface area (Å²) in [6.07, 6.45) is 2.44. The number of aromatic nitrogens is 2. The first-order valence-corrected chi connectivity index (χ1v) is 5.60. The Morgan fingerprint density at radius 3 is 3.07 bits per heavy atom. The largest absolute Gasteiger partial charge is 0.275 e. The second-order valence-electron chi connectivity index (χ2n) is 3.75. The number of rotatable bonds is 1. The van der Waals surface area contributed by atoms with E-state index in [-0.39, 0.29) is 5.56 Å². The van der Waals surface area contributed by atoms with E-state index in [4.69, 9.17) is 0 Å². The highest BCUT2D eigenvalue weighted by molar-refractivity contribution is 7.17. The summed E-state index contributed by atoms with van der Waals surface area (Å²) in [5.41, 5.74) is 1.14. The minimum Gasteiger partial charge on any atom is -0.267 e. The third-order valence-corrected chi connectivity index (χ3v) is 3.58. The molecule has 1 aliphatic rings. The number of aryl methyl sites for hydroxylation is 1. The molecule has 1 fully saturated rings. The predicted molar refractivity (Wildman–Crippen MR) is 56.8 cm³/mol. The van der Waals surface area contributed by atoms with Crippen LogP contribution in [0.15, 0.2) is 16.2 Å². The van der Waals surface area contributed by atoms with Crippen LogP contribution in [-0.2, 0) is 7.05 Å². The van der Waals surface area contributed by atoms with E-state index in [1.54, 1.807) is 18.4 Å². The van der Waals surface area contributed by atoms with Crippen molar-refractivity contribution < 1.29 is 0 Å². The average molecular weight is 206 g/mol. The molecule has 0 N–H and O–H groups in total. The maximum Gasteiger partial charge on any atom is 0.275 e. The minimum absolute atomic E-state index is 0.0191. The quantitative estimate of drug-likeness (QED) is 0.714. The summed E-state index contributed by atoms with van der Waals surface area (Å²) in [6.45, 7) is 0. The maximum atomic E-state index is 11.7. The summed E-state index contributed by atoms with van der Waals surface area (Å²) >= 11 is 1.63. The van der Waals surface area contributed by atoms with Crippen molar-refractivity contribution in [3.8, 4) is 0 Å². The van der Waals surface area contributed by atoms with Gasteiger partial charge in [-0.2, -0.15) is 5.10 Å². The van der Waals surface area contributed by atoms with E-state index in [1.165, 1.54) is 17.5 Å². The maximum absolute atomic E-state index is 11.7. The van der Waals surface area contributed by atoms with Gasteiger partial charge in [-0.05, 0) is 24.3 Å². The lowest BCUT2D eigenvalue weighted by Gasteiger charge is -2.02. The first-order valence-electron chi connectivity index (χ1n) is 4.72. The molecule has 2 aromatic rings. The van der Waals surface area contributed by atoms with Crippen LogP contribution in [0.5, 0.6) is 0 Å². The molecule has 4 heteroatoms. The van der Waals surface area contributed by atoms with Gasteiger partial charge in [-0.15, -0.1) is 11.3 Å². The number of thiophene rings is 1. The lowest BCUT2D eigenvalue weighted by Crippen LogP contribution is -2.20. The van der Waals surface area contributed by atoms with Gasteiger partial charge in [0.05, 0.1) is 15.8 Å². The fourth-order valence-corrected chi connectivity index (χ4v) is 2.68. The standard InChI is InChI=1S/C10H10N2OS/c1-12-10(13)7-4-5-14-9(7)8(11-12)6-2-3-6/h4-6H,2-3H2,1H3. The zero-order valence-corrected chi connectivity index (χ0v) is 8.67. The minimum atomic E-state index is 0.0191. The number of hydrogen-bond donors (Lipinski definition) is 0. The summed E-state index contributed by atoms with van der Waals surface area (Å²) in [5, 5.41) is 7.15. The van der Waals surface area contributed by atoms with Crippen LogP contribution in [0.25, 0.3) is 10.1 Å². The lowest BCUT2D eigenvalue weighted by atomic mass is 10.2. The Bertz CT molecular complexity index is 551. The molecular formula is C10H10N2OS. The molecule has 0 bridgehead atoms. The molecule has 1 saturated carbocycles. The molecule has 2 aromatic heterocycles. The summed E-state index contributed by atoms with van der Waals surface area (Å²) in [5.74, 6) is 0.600. The Hall–Kier alpha value is -1.16. The topological polar surface area (TPSA) is 34.9 Å². The van der Waals surface area contributed by atoms with Crippen LogP contribution >= 0.6 is 11.3 Å². The van der Waals surface area contributed by atoms with E-state index in [0.717, 1.165) is 15.8 Å². The van der Waals surface area contributed by atoms with E-state index in [9.17, 15) is 4.79 Å². The summed E-state index contributed by atoms with van der Waals surface area (Å²) in [4.78, 5) is 11.7. The fraction of sp³-hybridized carbons (Fsp3) is 0.400. The van der Waals surface area contributed by atoms with E-state index in [2.05, 4.69) is 5.10 Å². The Kier molecular flexibility index (Phi) is 1.56. The van der Waals surface area contributed by atoms with Crippen LogP contribution < -0.4 is 5.56 Å².